The average Bonchev–Trinajstić information content (AvgIpc) is 1.84. The van der Waals surface area contributed by atoms with Gasteiger partial charge in [-0.25, -0.2) is 0 Å². The lowest BCUT2D eigenvalue weighted by Crippen LogP contribution is -2.27. The third-order valence-corrected chi connectivity index (χ3v) is 0.866. The molecule has 0 radical (unpaired) electrons. The van der Waals surface area contributed by atoms with Crippen LogP contribution in [-0.4, -0.2) is 35.8 Å². The summed E-state index contributed by atoms with van der Waals surface area (Å²) in [6.07, 6.45) is 0. The van der Waals surface area contributed by atoms with Gasteiger partial charge >= 0.3 is 0 Å². The molecule has 0 aromatic carbocycles. The Morgan fingerprint density at radius 3 is 2.11 bits per heavy atom. The molecule has 0 atom stereocenters. The number of hydrogen-bond acceptors (Lipinski definition) is 3. The van der Waals surface area contributed by atoms with E-state index in [9.17, 15) is 4.79 Å². The van der Waals surface area contributed by atoms with Crippen molar-refractivity contribution in [3.63, 3.8) is 0 Å². The standard InChI is InChI=1S/C5H10N2O2/c1-4(6-9)5(8)7(2)3/h9H,1-3H3/b6-4-. The maximum Gasteiger partial charge on any atom is 0.270 e. The molecule has 0 aromatic rings. The van der Waals surface area contributed by atoms with Crippen LogP contribution >= 0.6 is 0 Å². The highest BCUT2D eigenvalue weighted by molar-refractivity contribution is 6.37. The number of nitrogens with zero attached hydrogens (tertiary/aromatic N) is 2. The molecule has 52 valence electrons. The van der Waals surface area contributed by atoms with Crippen LogP contribution in [0.25, 0.3) is 0 Å². The summed E-state index contributed by atoms with van der Waals surface area (Å²) in [5.41, 5.74) is 0.0972. The van der Waals surface area contributed by atoms with Gasteiger partial charge in [0.25, 0.3) is 5.91 Å². The van der Waals surface area contributed by atoms with Gasteiger partial charge in [-0.3, -0.25) is 4.79 Å². The molecule has 0 spiro atoms. The van der Waals surface area contributed by atoms with Crippen molar-refractivity contribution < 1.29 is 10.0 Å². The molecule has 4 nitrogen and oxygen atoms in total. The molecule has 0 aliphatic carbocycles. The molecule has 0 aromatic heterocycles. The highest BCUT2D eigenvalue weighted by Crippen LogP contribution is 1.81. The van der Waals surface area contributed by atoms with Crippen molar-refractivity contribution >= 4 is 11.6 Å². The van der Waals surface area contributed by atoms with Gasteiger partial charge in [-0.1, -0.05) is 5.16 Å². The van der Waals surface area contributed by atoms with E-state index in [1.54, 1.807) is 14.1 Å². The normalized spacial score (nSPS) is 11.2. The molecule has 0 rings (SSSR count). The van der Waals surface area contributed by atoms with E-state index in [0.717, 1.165) is 0 Å². The van der Waals surface area contributed by atoms with Gasteiger partial charge < -0.3 is 10.1 Å². The van der Waals surface area contributed by atoms with Crippen molar-refractivity contribution in [2.75, 3.05) is 14.1 Å². The molecule has 1 N–H and O–H groups in total. The Bertz CT molecular complexity index is 140. The summed E-state index contributed by atoms with van der Waals surface area (Å²) in [6.45, 7) is 1.45. The highest BCUT2D eigenvalue weighted by Gasteiger charge is 2.06. The van der Waals surface area contributed by atoms with Gasteiger partial charge in [-0.15, -0.1) is 0 Å². The third-order valence-electron chi connectivity index (χ3n) is 0.866. The zero-order valence-corrected chi connectivity index (χ0v) is 5.75. The molecule has 0 fully saturated rings. The summed E-state index contributed by atoms with van der Waals surface area (Å²) in [5, 5.41) is 10.8. The van der Waals surface area contributed by atoms with E-state index < -0.39 is 0 Å². The summed E-state index contributed by atoms with van der Waals surface area (Å²) < 4.78 is 0. The largest absolute Gasteiger partial charge is 0.410 e. The van der Waals surface area contributed by atoms with Crippen LogP contribution < -0.4 is 0 Å². The zero-order chi connectivity index (χ0) is 7.44. The van der Waals surface area contributed by atoms with E-state index in [1.165, 1.54) is 11.8 Å². The van der Waals surface area contributed by atoms with Crippen LogP contribution in [0.1, 0.15) is 6.92 Å². The van der Waals surface area contributed by atoms with E-state index in [4.69, 9.17) is 5.21 Å². The van der Waals surface area contributed by atoms with Crippen molar-refractivity contribution in [2.24, 2.45) is 5.16 Å². The molecule has 0 saturated carbocycles. The molecule has 4 heteroatoms. The molecule has 9 heavy (non-hydrogen) atoms. The van der Waals surface area contributed by atoms with E-state index in [2.05, 4.69) is 5.16 Å². The Morgan fingerprint density at radius 2 is 2.00 bits per heavy atom. The second-order valence-corrected chi connectivity index (χ2v) is 1.88. The first-order valence-electron chi connectivity index (χ1n) is 2.50. The van der Waals surface area contributed by atoms with Gasteiger partial charge in [0, 0.05) is 14.1 Å². The van der Waals surface area contributed by atoms with Crippen LogP contribution in [0.2, 0.25) is 0 Å². The van der Waals surface area contributed by atoms with Crippen LogP contribution in [0.3, 0.4) is 0 Å². The van der Waals surface area contributed by atoms with Crippen LogP contribution in [-0.2, 0) is 4.79 Å². The summed E-state index contributed by atoms with van der Waals surface area (Å²) in [4.78, 5) is 12.1. The van der Waals surface area contributed by atoms with E-state index in [1.807, 2.05) is 0 Å². The van der Waals surface area contributed by atoms with Crippen LogP contribution in [0.15, 0.2) is 5.16 Å². The quantitative estimate of drug-likeness (QED) is 0.307. The monoisotopic (exact) mass is 130 g/mol. The number of carbonyl (C=O) groups excluding carboxylic acids is 1. The Kier molecular flexibility index (Phi) is 2.70. The van der Waals surface area contributed by atoms with Gasteiger partial charge in [-0.05, 0) is 6.92 Å². The Morgan fingerprint density at radius 1 is 1.56 bits per heavy atom. The fourth-order valence-electron chi connectivity index (χ4n) is 0.366. The smallest absolute Gasteiger partial charge is 0.270 e. The molecule has 0 saturated heterocycles. The van der Waals surface area contributed by atoms with Crippen molar-refractivity contribution in [3.8, 4) is 0 Å². The lowest BCUT2D eigenvalue weighted by atomic mass is 10.4. The lowest BCUT2D eigenvalue weighted by Gasteiger charge is -2.06. The molecule has 0 aliphatic heterocycles. The molecule has 1 amide bonds. The maximum atomic E-state index is 10.7. The number of oxime groups is 1. The molecule has 0 aliphatic rings. The van der Waals surface area contributed by atoms with Gasteiger partial charge in [0.15, 0.2) is 0 Å². The molecular formula is C5H10N2O2. The topological polar surface area (TPSA) is 52.9 Å². The second-order valence-electron chi connectivity index (χ2n) is 1.88. The second kappa shape index (κ2) is 3.06. The summed E-state index contributed by atoms with van der Waals surface area (Å²) in [6, 6.07) is 0. The van der Waals surface area contributed by atoms with Gasteiger partial charge in [0.2, 0.25) is 0 Å². The summed E-state index contributed by atoms with van der Waals surface area (Å²) in [5.74, 6) is -0.280. The molecule has 0 unspecified atom stereocenters. The highest BCUT2D eigenvalue weighted by atomic mass is 16.4. The minimum absolute atomic E-state index is 0.0972. The van der Waals surface area contributed by atoms with Crippen molar-refractivity contribution in [2.45, 2.75) is 6.92 Å². The fourth-order valence-corrected chi connectivity index (χ4v) is 0.366. The van der Waals surface area contributed by atoms with Crippen molar-refractivity contribution in [1.29, 1.82) is 0 Å². The number of carbonyl (C=O) groups is 1. The van der Waals surface area contributed by atoms with Gasteiger partial charge in [-0.2, -0.15) is 0 Å². The lowest BCUT2D eigenvalue weighted by molar-refractivity contribution is -0.121. The Labute approximate surface area is 53.8 Å². The average molecular weight is 130 g/mol. The first-order valence-corrected chi connectivity index (χ1v) is 2.50. The predicted octanol–water partition coefficient (Wildman–Crippen LogP) is -0.0753. The molecule has 0 bridgehead atoms. The van der Waals surface area contributed by atoms with Crippen molar-refractivity contribution in [1.82, 2.24) is 4.90 Å². The number of hydrogen-bond donors (Lipinski definition) is 1. The number of rotatable bonds is 1. The fraction of sp³-hybridized carbons (Fsp3) is 0.600. The summed E-state index contributed by atoms with van der Waals surface area (Å²) in [7, 11) is 3.19. The Balaban J connectivity index is 4.06. The van der Waals surface area contributed by atoms with E-state index >= 15 is 0 Å². The van der Waals surface area contributed by atoms with Crippen LogP contribution in [0.5, 0.6) is 0 Å². The minimum Gasteiger partial charge on any atom is -0.410 e. The SMILES string of the molecule is C/C(=N/O)C(=O)N(C)C. The minimum atomic E-state index is -0.280. The third kappa shape index (κ3) is 2.12. The van der Waals surface area contributed by atoms with Gasteiger partial charge in [0.05, 0.1) is 0 Å². The van der Waals surface area contributed by atoms with Crippen molar-refractivity contribution in [3.05, 3.63) is 0 Å². The summed E-state index contributed by atoms with van der Waals surface area (Å²) >= 11 is 0. The molecule has 0 heterocycles. The van der Waals surface area contributed by atoms with Crippen LogP contribution in [0, 0.1) is 0 Å². The number of amides is 1. The maximum absolute atomic E-state index is 10.7. The van der Waals surface area contributed by atoms with Crippen LogP contribution in [0.4, 0.5) is 0 Å². The first-order chi connectivity index (χ1) is 4.09. The Hall–Kier alpha value is -1.06. The van der Waals surface area contributed by atoms with E-state index in [-0.39, 0.29) is 11.6 Å². The van der Waals surface area contributed by atoms with Gasteiger partial charge in [0.1, 0.15) is 5.71 Å². The van der Waals surface area contributed by atoms with E-state index in [0.29, 0.717) is 0 Å². The first kappa shape index (κ1) is 7.94. The zero-order valence-electron chi connectivity index (χ0n) is 5.75. The molecular weight excluding hydrogens is 120 g/mol. The predicted molar refractivity (Wildman–Crippen MR) is 33.6 cm³/mol.